The molecule has 0 aromatic heterocycles. The van der Waals surface area contributed by atoms with Gasteiger partial charge in [-0.3, -0.25) is 10.2 Å². The van der Waals surface area contributed by atoms with E-state index >= 15 is 0 Å². The van der Waals surface area contributed by atoms with Crippen molar-refractivity contribution in [2.24, 2.45) is 17.7 Å². The largest absolute Gasteiger partial charge is 0.300 e. The van der Waals surface area contributed by atoms with Gasteiger partial charge in [-0.1, -0.05) is 20.8 Å². The Morgan fingerprint density at radius 1 is 1.25 bits per heavy atom. The Morgan fingerprint density at radius 2 is 1.75 bits per heavy atom. The van der Waals surface area contributed by atoms with E-state index < -0.39 is 0 Å². The van der Waals surface area contributed by atoms with Crippen molar-refractivity contribution in [1.82, 2.24) is 10.3 Å². The minimum atomic E-state index is -0.101. The number of hydrogen-bond donors (Lipinski definition) is 2. The lowest BCUT2D eigenvalue weighted by molar-refractivity contribution is -0.126. The highest BCUT2D eigenvalue weighted by molar-refractivity contribution is 5.78. The molecule has 96 valence electrons. The Kier molecular flexibility index (Phi) is 6.60. The smallest absolute Gasteiger partial charge is 0.238 e. The number of rotatable bonds is 6. The molecule has 0 saturated carbocycles. The lowest BCUT2D eigenvalue weighted by Crippen LogP contribution is -2.47. The molecule has 0 aliphatic heterocycles. The second-order valence-corrected chi connectivity index (χ2v) is 5.18. The molecule has 0 bridgehead atoms. The maximum Gasteiger partial charge on any atom is 0.238 e. The molecular formula is C12H27N3O. The summed E-state index contributed by atoms with van der Waals surface area (Å²) in [6, 6.07) is 0.667. The second kappa shape index (κ2) is 6.86. The van der Waals surface area contributed by atoms with Crippen LogP contribution in [0.5, 0.6) is 0 Å². The van der Waals surface area contributed by atoms with E-state index in [2.05, 4.69) is 45.1 Å². The zero-order chi connectivity index (χ0) is 12.9. The lowest BCUT2D eigenvalue weighted by atomic mass is 9.97. The van der Waals surface area contributed by atoms with Crippen molar-refractivity contribution in [1.29, 1.82) is 0 Å². The quantitative estimate of drug-likeness (QED) is 0.411. The van der Waals surface area contributed by atoms with Gasteiger partial charge in [-0.05, 0) is 33.2 Å². The Bertz CT molecular complexity index is 218. The van der Waals surface area contributed by atoms with Crippen LogP contribution >= 0.6 is 0 Å². The van der Waals surface area contributed by atoms with Crippen molar-refractivity contribution >= 4 is 5.91 Å². The molecule has 0 rings (SSSR count). The van der Waals surface area contributed by atoms with Crippen molar-refractivity contribution in [3.05, 3.63) is 0 Å². The molecule has 3 N–H and O–H groups in total. The fourth-order valence-electron chi connectivity index (χ4n) is 1.95. The minimum Gasteiger partial charge on any atom is -0.300 e. The number of nitrogens with zero attached hydrogens (tertiary/aromatic N) is 1. The first-order valence-electron chi connectivity index (χ1n) is 6.03. The third-order valence-corrected chi connectivity index (χ3v) is 3.43. The molecule has 3 atom stereocenters. The van der Waals surface area contributed by atoms with Crippen LogP contribution < -0.4 is 11.3 Å². The second-order valence-electron chi connectivity index (χ2n) is 5.18. The van der Waals surface area contributed by atoms with Crippen LogP contribution in [0.1, 0.15) is 41.0 Å². The molecule has 0 aliphatic rings. The SMILES string of the molecule is CC(C)CC(C)N(C)C(C)C(C)C(=O)NN. The third-order valence-electron chi connectivity index (χ3n) is 3.43. The van der Waals surface area contributed by atoms with Gasteiger partial charge in [-0.25, -0.2) is 5.84 Å². The summed E-state index contributed by atoms with van der Waals surface area (Å²) >= 11 is 0. The van der Waals surface area contributed by atoms with E-state index in [-0.39, 0.29) is 17.9 Å². The highest BCUT2D eigenvalue weighted by atomic mass is 16.2. The predicted octanol–water partition coefficient (Wildman–Crippen LogP) is 1.37. The van der Waals surface area contributed by atoms with Gasteiger partial charge in [-0.15, -0.1) is 0 Å². The molecule has 0 fully saturated rings. The normalized spacial score (nSPS) is 17.3. The van der Waals surface area contributed by atoms with E-state index in [0.717, 1.165) is 6.42 Å². The maximum atomic E-state index is 11.4. The van der Waals surface area contributed by atoms with Crippen molar-refractivity contribution in [2.45, 2.75) is 53.1 Å². The molecule has 0 spiro atoms. The first kappa shape index (κ1) is 15.4. The Morgan fingerprint density at radius 3 is 2.12 bits per heavy atom. The van der Waals surface area contributed by atoms with Crippen molar-refractivity contribution in [2.75, 3.05) is 7.05 Å². The van der Waals surface area contributed by atoms with Crippen LogP contribution in [-0.4, -0.2) is 29.9 Å². The number of nitrogens with one attached hydrogen (secondary N) is 1. The van der Waals surface area contributed by atoms with Gasteiger partial charge in [-0.2, -0.15) is 0 Å². The number of carbonyl (C=O) groups is 1. The van der Waals surface area contributed by atoms with Gasteiger partial charge < -0.3 is 4.90 Å². The number of hydrogen-bond acceptors (Lipinski definition) is 3. The van der Waals surface area contributed by atoms with Crippen LogP contribution in [0.15, 0.2) is 0 Å². The number of carbonyl (C=O) groups excluding carboxylic acids is 1. The summed E-state index contributed by atoms with van der Waals surface area (Å²) in [7, 11) is 2.07. The fraction of sp³-hybridized carbons (Fsp3) is 0.917. The minimum absolute atomic E-state index is 0.0930. The summed E-state index contributed by atoms with van der Waals surface area (Å²) in [5.74, 6) is 5.63. The van der Waals surface area contributed by atoms with Crippen LogP contribution in [0.2, 0.25) is 0 Å². The molecule has 4 nitrogen and oxygen atoms in total. The van der Waals surface area contributed by atoms with Gasteiger partial charge in [0.25, 0.3) is 0 Å². The molecule has 0 saturated heterocycles. The van der Waals surface area contributed by atoms with E-state index in [1.165, 1.54) is 0 Å². The molecule has 0 aromatic rings. The molecule has 0 heterocycles. The first-order valence-corrected chi connectivity index (χ1v) is 6.03. The third kappa shape index (κ3) is 4.49. The van der Waals surface area contributed by atoms with Crippen LogP contribution in [-0.2, 0) is 4.79 Å². The van der Waals surface area contributed by atoms with Gasteiger partial charge in [0.1, 0.15) is 0 Å². The molecule has 0 radical (unpaired) electrons. The van der Waals surface area contributed by atoms with Crippen LogP contribution in [0.25, 0.3) is 0 Å². The average Bonchev–Trinajstić information content (AvgIpc) is 2.23. The Balaban J connectivity index is 4.36. The van der Waals surface area contributed by atoms with Gasteiger partial charge >= 0.3 is 0 Å². The van der Waals surface area contributed by atoms with Crippen molar-refractivity contribution < 1.29 is 4.79 Å². The number of nitrogens with two attached hydrogens (primary N) is 1. The summed E-state index contributed by atoms with van der Waals surface area (Å²) in [4.78, 5) is 13.7. The zero-order valence-electron chi connectivity index (χ0n) is 11.4. The van der Waals surface area contributed by atoms with Crippen molar-refractivity contribution in [3.8, 4) is 0 Å². The average molecular weight is 229 g/mol. The van der Waals surface area contributed by atoms with Crippen LogP contribution in [0.3, 0.4) is 0 Å². The molecule has 3 unspecified atom stereocenters. The summed E-state index contributed by atoms with van der Waals surface area (Å²) in [6.07, 6.45) is 1.14. The molecular weight excluding hydrogens is 202 g/mol. The van der Waals surface area contributed by atoms with E-state index in [1.807, 2.05) is 6.92 Å². The monoisotopic (exact) mass is 229 g/mol. The van der Waals surface area contributed by atoms with Gasteiger partial charge in [0.2, 0.25) is 5.91 Å². The Hall–Kier alpha value is -0.610. The number of amides is 1. The first-order chi connectivity index (χ1) is 7.31. The lowest BCUT2D eigenvalue weighted by Gasteiger charge is -2.34. The van der Waals surface area contributed by atoms with E-state index in [4.69, 9.17) is 5.84 Å². The van der Waals surface area contributed by atoms with E-state index in [1.54, 1.807) is 0 Å². The summed E-state index contributed by atoms with van der Waals surface area (Å²) in [5.41, 5.74) is 2.21. The topological polar surface area (TPSA) is 58.4 Å². The highest BCUT2D eigenvalue weighted by Gasteiger charge is 2.25. The molecule has 0 aromatic carbocycles. The van der Waals surface area contributed by atoms with Gasteiger partial charge in [0, 0.05) is 12.1 Å². The van der Waals surface area contributed by atoms with Crippen LogP contribution in [0, 0.1) is 11.8 Å². The van der Waals surface area contributed by atoms with E-state index in [9.17, 15) is 4.79 Å². The van der Waals surface area contributed by atoms with E-state index in [0.29, 0.717) is 12.0 Å². The molecule has 1 amide bonds. The van der Waals surface area contributed by atoms with Gasteiger partial charge in [0.05, 0.1) is 5.92 Å². The Labute approximate surface area is 99.5 Å². The molecule has 0 aliphatic carbocycles. The van der Waals surface area contributed by atoms with Crippen molar-refractivity contribution in [3.63, 3.8) is 0 Å². The highest BCUT2D eigenvalue weighted by Crippen LogP contribution is 2.16. The van der Waals surface area contributed by atoms with Crippen LogP contribution in [0.4, 0.5) is 0 Å². The number of hydrazine groups is 1. The predicted molar refractivity (Wildman–Crippen MR) is 67.6 cm³/mol. The maximum absolute atomic E-state index is 11.4. The standard InChI is InChI=1S/C12H27N3O/c1-8(2)7-9(3)15(6)11(5)10(4)12(16)14-13/h8-11H,7,13H2,1-6H3,(H,14,16). The molecule has 4 heteroatoms. The zero-order valence-corrected chi connectivity index (χ0v) is 11.4. The molecule has 16 heavy (non-hydrogen) atoms. The summed E-state index contributed by atoms with van der Waals surface area (Å²) in [5, 5.41) is 0. The van der Waals surface area contributed by atoms with Gasteiger partial charge in [0.15, 0.2) is 0 Å². The summed E-state index contributed by atoms with van der Waals surface area (Å²) in [6.45, 7) is 10.6. The fourth-order valence-corrected chi connectivity index (χ4v) is 1.95. The summed E-state index contributed by atoms with van der Waals surface area (Å²) < 4.78 is 0.